The Hall–Kier alpha value is -3.14. The summed E-state index contributed by atoms with van der Waals surface area (Å²) in [5.74, 6) is -1.47. The highest BCUT2D eigenvalue weighted by Gasteiger charge is 2.31. The van der Waals surface area contributed by atoms with E-state index in [-0.39, 0.29) is 43.9 Å². The van der Waals surface area contributed by atoms with E-state index in [1.54, 1.807) is 18.2 Å². The topological polar surface area (TPSA) is 86.8 Å². The Morgan fingerprint density at radius 1 is 0.949 bits per heavy atom. The van der Waals surface area contributed by atoms with Gasteiger partial charge in [0.05, 0.1) is 11.9 Å². The second kappa shape index (κ2) is 13.8. The minimum absolute atomic E-state index is 0.0363. The largest absolute Gasteiger partial charge is 0.357 e. The first-order valence-electron chi connectivity index (χ1n) is 12.2. The maximum absolute atomic E-state index is 14.4. The molecule has 39 heavy (non-hydrogen) atoms. The van der Waals surface area contributed by atoms with E-state index in [9.17, 15) is 22.4 Å². The molecule has 3 aromatic carbocycles. The molecule has 7 nitrogen and oxygen atoms in total. The van der Waals surface area contributed by atoms with Gasteiger partial charge >= 0.3 is 0 Å². The molecule has 0 saturated heterocycles. The molecular formula is C28H30Cl2FN3O4S. The lowest BCUT2D eigenvalue weighted by molar-refractivity contribution is -0.141. The van der Waals surface area contributed by atoms with Crippen LogP contribution < -0.4 is 9.62 Å². The van der Waals surface area contributed by atoms with Gasteiger partial charge in [0.15, 0.2) is 0 Å². The van der Waals surface area contributed by atoms with Crippen LogP contribution in [0.4, 0.5) is 10.1 Å². The number of hydrogen-bond donors (Lipinski definition) is 1. The van der Waals surface area contributed by atoms with Gasteiger partial charge in [0.2, 0.25) is 21.8 Å². The molecule has 0 fully saturated rings. The van der Waals surface area contributed by atoms with E-state index < -0.39 is 27.8 Å². The van der Waals surface area contributed by atoms with Crippen molar-refractivity contribution in [2.24, 2.45) is 0 Å². The monoisotopic (exact) mass is 593 g/mol. The molecule has 0 heterocycles. The summed E-state index contributed by atoms with van der Waals surface area (Å²) in [7, 11) is -2.33. The molecule has 1 unspecified atom stereocenters. The normalized spacial score (nSPS) is 12.0. The number of likely N-dealkylation sites (N-methyl/N-ethyl adjacent to an activating group) is 1. The first-order chi connectivity index (χ1) is 18.5. The standard InChI is InChI=1S/C28H30Cl2FN3O4S/c1-32-28(36)26(18-20-10-4-3-5-11-20)33(19-21-22(29)12-8-13-23(21)30)27(35)16-9-17-34(39(2,37)38)25-15-7-6-14-24(25)31/h3-8,10-15,26H,9,16-19H2,1-2H3,(H,32,36). The summed E-state index contributed by atoms with van der Waals surface area (Å²) in [5, 5.41) is 3.32. The van der Waals surface area contributed by atoms with Crippen LogP contribution in [0.3, 0.4) is 0 Å². The third kappa shape index (κ3) is 8.17. The molecule has 0 saturated carbocycles. The third-order valence-corrected chi connectivity index (χ3v) is 8.07. The zero-order valence-corrected chi connectivity index (χ0v) is 23.9. The number of para-hydroxylation sites is 1. The number of benzene rings is 3. The van der Waals surface area contributed by atoms with Crippen LogP contribution >= 0.6 is 23.2 Å². The molecule has 1 atom stereocenters. The lowest BCUT2D eigenvalue weighted by Gasteiger charge is -2.32. The summed E-state index contributed by atoms with van der Waals surface area (Å²) in [6.45, 7) is -0.166. The van der Waals surface area contributed by atoms with Gasteiger partial charge in [-0.25, -0.2) is 12.8 Å². The van der Waals surface area contributed by atoms with Crippen molar-refractivity contribution in [1.29, 1.82) is 0 Å². The number of carbonyl (C=O) groups excluding carboxylic acids is 2. The molecule has 0 aromatic heterocycles. The highest BCUT2D eigenvalue weighted by atomic mass is 35.5. The predicted octanol–water partition coefficient (Wildman–Crippen LogP) is 5.06. The van der Waals surface area contributed by atoms with Crippen LogP contribution in [0, 0.1) is 5.82 Å². The molecular weight excluding hydrogens is 564 g/mol. The van der Waals surface area contributed by atoms with E-state index in [4.69, 9.17) is 23.2 Å². The summed E-state index contributed by atoms with van der Waals surface area (Å²) in [4.78, 5) is 28.1. The van der Waals surface area contributed by atoms with Crippen molar-refractivity contribution in [3.8, 4) is 0 Å². The number of nitrogens with zero attached hydrogens (tertiary/aromatic N) is 2. The maximum Gasteiger partial charge on any atom is 0.242 e. The lowest BCUT2D eigenvalue weighted by Crippen LogP contribution is -2.50. The van der Waals surface area contributed by atoms with Crippen molar-refractivity contribution < 1.29 is 22.4 Å². The number of sulfonamides is 1. The Kier molecular flexibility index (Phi) is 10.7. The van der Waals surface area contributed by atoms with E-state index in [1.165, 1.54) is 36.2 Å². The van der Waals surface area contributed by atoms with Crippen molar-refractivity contribution >= 4 is 50.7 Å². The fourth-order valence-corrected chi connectivity index (χ4v) is 5.69. The van der Waals surface area contributed by atoms with Crippen molar-refractivity contribution in [3.63, 3.8) is 0 Å². The van der Waals surface area contributed by atoms with Gasteiger partial charge in [0, 0.05) is 48.6 Å². The Bertz CT molecular complexity index is 1390. The molecule has 11 heteroatoms. The van der Waals surface area contributed by atoms with Crippen LogP contribution in [0.2, 0.25) is 10.0 Å². The van der Waals surface area contributed by atoms with Crippen LogP contribution in [0.25, 0.3) is 0 Å². The second-order valence-corrected chi connectivity index (χ2v) is 11.7. The lowest BCUT2D eigenvalue weighted by atomic mass is 10.0. The number of amides is 2. The minimum atomic E-state index is -3.82. The van der Waals surface area contributed by atoms with Crippen LogP contribution in [-0.4, -0.2) is 51.0 Å². The fourth-order valence-electron chi connectivity index (χ4n) is 4.21. The van der Waals surface area contributed by atoms with Gasteiger partial charge < -0.3 is 10.2 Å². The number of carbonyl (C=O) groups is 2. The molecule has 3 rings (SSSR count). The molecule has 3 aromatic rings. The van der Waals surface area contributed by atoms with Crippen molar-refractivity contribution in [2.75, 3.05) is 24.2 Å². The first kappa shape index (κ1) is 30.4. The van der Waals surface area contributed by atoms with Crippen molar-refractivity contribution in [2.45, 2.75) is 31.8 Å². The first-order valence-corrected chi connectivity index (χ1v) is 14.8. The zero-order valence-electron chi connectivity index (χ0n) is 21.6. The number of rotatable bonds is 12. The Balaban J connectivity index is 1.90. The summed E-state index contributed by atoms with van der Waals surface area (Å²) in [6, 6.07) is 18.9. The van der Waals surface area contributed by atoms with Crippen LogP contribution in [0.5, 0.6) is 0 Å². The highest BCUT2D eigenvalue weighted by Crippen LogP contribution is 2.28. The van der Waals surface area contributed by atoms with Gasteiger partial charge in [-0.05, 0) is 36.2 Å². The number of halogens is 3. The van der Waals surface area contributed by atoms with Gasteiger partial charge in [-0.1, -0.05) is 71.7 Å². The summed E-state index contributed by atoms with van der Waals surface area (Å²) in [5.41, 5.74) is 1.23. The Morgan fingerprint density at radius 2 is 1.56 bits per heavy atom. The van der Waals surface area contributed by atoms with Crippen molar-refractivity contribution in [1.82, 2.24) is 10.2 Å². The molecule has 1 N–H and O–H groups in total. The Morgan fingerprint density at radius 3 is 2.15 bits per heavy atom. The fraction of sp³-hybridized carbons (Fsp3) is 0.286. The molecule has 2 amide bonds. The quantitative estimate of drug-likeness (QED) is 0.318. The maximum atomic E-state index is 14.4. The van der Waals surface area contributed by atoms with E-state index in [2.05, 4.69) is 5.32 Å². The molecule has 0 bridgehead atoms. The zero-order chi connectivity index (χ0) is 28.6. The Labute approximate surface area is 238 Å². The second-order valence-electron chi connectivity index (χ2n) is 8.93. The van der Waals surface area contributed by atoms with E-state index in [1.807, 2.05) is 30.3 Å². The van der Waals surface area contributed by atoms with Crippen LogP contribution in [0.15, 0.2) is 72.8 Å². The van der Waals surface area contributed by atoms with Gasteiger partial charge in [0.1, 0.15) is 11.9 Å². The van der Waals surface area contributed by atoms with Crippen LogP contribution in [0.1, 0.15) is 24.0 Å². The molecule has 0 spiro atoms. The van der Waals surface area contributed by atoms with Gasteiger partial charge in [-0.15, -0.1) is 0 Å². The average Bonchev–Trinajstić information content (AvgIpc) is 2.90. The van der Waals surface area contributed by atoms with E-state index in [0.29, 0.717) is 15.6 Å². The summed E-state index contributed by atoms with van der Waals surface area (Å²) < 4.78 is 40.2. The molecule has 0 aliphatic heterocycles. The average molecular weight is 595 g/mol. The minimum Gasteiger partial charge on any atom is -0.357 e. The van der Waals surface area contributed by atoms with E-state index >= 15 is 0 Å². The predicted molar refractivity (Wildman–Crippen MR) is 153 cm³/mol. The smallest absolute Gasteiger partial charge is 0.242 e. The molecule has 0 aliphatic rings. The number of nitrogens with one attached hydrogen (secondary N) is 1. The van der Waals surface area contributed by atoms with Gasteiger partial charge in [0.25, 0.3) is 0 Å². The number of hydrogen-bond acceptors (Lipinski definition) is 4. The summed E-state index contributed by atoms with van der Waals surface area (Å²) >= 11 is 12.8. The molecule has 208 valence electrons. The molecule has 0 aliphatic carbocycles. The van der Waals surface area contributed by atoms with Crippen LogP contribution in [-0.2, 0) is 32.6 Å². The highest BCUT2D eigenvalue weighted by molar-refractivity contribution is 7.92. The number of anilines is 1. The summed E-state index contributed by atoms with van der Waals surface area (Å²) in [6.07, 6.45) is 1.19. The van der Waals surface area contributed by atoms with Gasteiger partial charge in [-0.2, -0.15) is 0 Å². The molecule has 0 radical (unpaired) electrons. The van der Waals surface area contributed by atoms with E-state index in [0.717, 1.165) is 16.1 Å². The third-order valence-electron chi connectivity index (χ3n) is 6.18. The van der Waals surface area contributed by atoms with Crippen molar-refractivity contribution in [3.05, 3.63) is 99.8 Å². The van der Waals surface area contributed by atoms with Gasteiger partial charge in [-0.3, -0.25) is 13.9 Å². The SMILES string of the molecule is CNC(=O)C(Cc1ccccc1)N(Cc1c(Cl)cccc1Cl)C(=O)CCCN(c1ccccc1F)S(C)(=O)=O.